The average molecular weight is 227 g/mol. The largest absolute Gasteiger partial charge is 0.329 e. The third-order valence-electron chi connectivity index (χ3n) is 3.92. The molecule has 1 aliphatic heterocycles. The van der Waals surface area contributed by atoms with Crippen molar-refractivity contribution in [2.45, 2.75) is 45.7 Å². The van der Waals surface area contributed by atoms with Crippen LogP contribution in [0.5, 0.6) is 0 Å². The number of likely N-dealkylation sites (tertiary alicyclic amines) is 1. The summed E-state index contributed by atoms with van der Waals surface area (Å²) in [5, 5.41) is 0. The molecular weight excluding hydrogens is 198 g/mol. The maximum absolute atomic E-state index is 6.04. The molecule has 1 rings (SSSR count). The predicted molar refractivity (Wildman–Crippen MR) is 70.6 cm³/mol. The molecule has 1 saturated heterocycles. The Morgan fingerprint density at radius 3 is 2.31 bits per heavy atom. The van der Waals surface area contributed by atoms with Crippen LogP contribution in [0, 0.1) is 5.92 Å². The first kappa shape index (κ1) is 13.9. The molecule has 1 fully saturated rings. The van der Waals surface area contributed by atoms with Gasteiger partial charge in [0.2, 0.25) is 0 Å². The van der Waals surface area contributed by atoms with Crippen molar-refractivity contribution in [1.82, 2.24) is 9.80 Å². The number of hydrogen-bond donors (Lipinski definition) is 1. The molecule has 0 spiro atoms. The monoisotopic (exact) mass is 227 g/mol. The van der Waals surface area contributed by atoms with Crippen molar-refractivity contribution >= 4 is 0 Å². The second-order valence-corrected chi connectivity index (χ2v) is 6.02. The van der Waals surface area contributed by atoms with Gasteiger partial charge in [0, 0.05) is 37.8 Å². The minimum Gasteiger partial charge on any atom is -0.329 e. The Bertz CT molecular complexity index is 215. The molecule has 0 radical (unpaired) electrons. The van der Waals surface area contributed by atoms with Gasteiger partial charge in [0.1, 0.15) is 0 Å². The Labute approximate surface area is 101 Å². The van der Waals surface area contributed by atoms with Gasteiger partial charge in [-0.25, -0.2) is 0 Å². The van der Waals surface area contributed by atoms with Gasteiger partial charge in [0.15, 0.2) is 0 Å². The summed E-state index contributed by atoms with van der Waals surface area (Å²) in [7, 11) is 2.23. The molecule has 0 saturated carbocycles. The lowest BCUT2D eigenvalue weighted by Gasteiger charge is -2.39. The highest BCUT2D eigenvalue weighted by molar-refractivity contribution is 4.99. The number of nitrogens with zero attached hydrogens (tertiary/aromatic N) is 2. The van der Waals surface area contributed by atoms with E-state index in [0.29, 0.717) is 12.0 Å². The highest BCUT2D eigenvalue weighted by Crippen LogP contribution is 2.28. The fourth-order valence-electron chi connectivity index (χ4n) is 2.70. The van der Waals surface area contributed by atoms with Gasteiger partial charge in [-0.05, 0) is 33.2 Å². The first-order chi connectivity index (χ1) is 7.41. The Balaban J connectivity index is 2.65. The number of rotatable bonds is 5. The van der Waals surface area contributed by atoms with Crippen molar-refractivity contribution in [2.24, 2.45) is 11.7 Å². The second-order valence-electron chi connectivity index (χ2n) is 6.02. The average Bonchev–Trinajstić information content (AvgIpc) is 2.62. The summed E-state index contributed by atoms with van der Waals surface area (Å²) in [6.07, 6.45) is 1.21. The molecular formula is C13H29N3. The third-order valence-corrected chi connectivity index (χ3v) is 3.92. The molecule has 0 aromatic carbocycles. The summed E-state index contributed by atoms with van der Waals surface area (Å²) in [6, 6.07) is 0.640. The summed E-state index contributed by atoms with van der Waals surface area (Å²) >= 11 is 0. The van der Waals surface area contributed by atoms with Crippen LogP contribution in [0.3, 0.4) is 0 Å². The van der Waals surface area contributed by atoms with E-state index in [9.17, 15) is 0 Å². The van der Waals surface area contributed by atoms with E-state index in [1.165, 1.54) is 13.0 Å². The van der Waals surface area contributed by atoms with Crippen LogP contribution in [-0.4, -0.2) is 54.6 Å². The van der Waals surface area contributed by atoms with Gasteiger partial charge in [0.25, 0.3) is 0 Å². The molecule has 1 heterocycles. The van der Waals surface area contributed by atoms with Crippen molar-refractivity contribution in [3.63, 3.8) is 0 Å². The Hall–Kier alpha value is -0.120. The zero-order chi connectivity index (χ0) is 12.3. The van der Waals surface area contributed by atoms with Gasteiger partial charge in [-0.3, -0.25) is 9.80 Å². The first-order valence-electron chi connectivity index (χ1n) is 6.56. The molecule has 1 aliphatic rings. The van der Waals surface area contributed by atoms with Crippen LogP contribution in [0.1, 0.15) is 34.1 Å². The molecule has 0 amide bonds. The zero-order valence-electron chi connectivity index (χ0n) is 11.7. The van der Waals surface area contributed by atoms with E-state index < -0.39 is 0 Å². The van der Waals surface area contributed by atoms with E-state index in [1.807, 2.05) is 0 Å². The lowest BCUT2D eigenvalue weighted by Crippen LogP contribution is -2.55. The standard InChI is InChI=1S/C13H29N3/c1-11(2)8-15(5)13(9-14)6-7-16(10-13)12(3)4/h11-12H,6-10,14H2,1-5H3. The van der Waals surface area contributed by atoms with Crippen LogP contribution >= 0.6 is 0 Å². The van der Waals surface area contributed by atoms with Crippen LogP contribution in [0.15, 0.2) is 0 Å². The summed E-state index contributed by atoms with van der Waals surface area (Å²) in [4.78, 5) is 5.03. The molecule has 3 heteroatoms. The molecule has 0 aromatic heterocycles. The van der Waals surface area contributed by atoms with E-state index in [4.69, 9.17) is 5.73 Å². The van der Waals surface area contributed by atoms with Crippen molar-refractivity contribution in [3.8, 4) is 0 Å². The van der Waals surface area contributed by atoms with Crippen LogP contribution in [0.2, 0.25) is 0 Å². The van der Waals surface area contributed by atoms with E-state index in [0.717, 1.165) is 19.6 Å². The van der Waals surface area contributed by atoms with E-state index >= 15 is 0 Å². The summed E-state index contributed by atoms with van der Waals surface area (Å²) in [5.74, 6) is 0.710. The lowest BCUT2D eigenvalue weighted by molar-refractivity contribution is 0.110. The predicted octanol–water partition coefficient (Wildman–Crippen LogP) is 1.39. The minimum absolute atomic E-state index is 0.217. The number of likely N-dealkylation sites (N-methyl/N-ethyl adjacent to an activating group) is 1. The molecule has 96 valence electrons. The molecule has 0 bridgehead atoms. The number of hydrogen-bond acceptors (Lipinski definition) is 3. The SMILES string of the molecule is CC(C)CN(C)C1(CN)CCN(C(C)C)C1. The van der Waals surface area contributed by atoms with Crippen LogP contribution in [0.4, 0.5) is 0 Å². The third kappa shape index (κ3) is 2.96. The molecule has 2 N–H and O–H groups in total. The van der Waals surface area contributed by atoms with Gasteiger partial charge in [-0.2, -0.15) is 0 Å². The van der Waals surface area contributed by atoms with Crippen molar-refractivity contribution in [1.29, 1.82) is 0 Å². The van der Waals surface area contributed by atoms with Crippen LogP contribution < -0.4 is 5.73 Å². The number of nitrogens with two attached hydrogens (primary N) is 1. The fourth-order valence-corrected chi connectivity index (χ4v) is 2.70. The van der Waals surface area contributed by atoms with E-state index in [2.05, 4.69) is 44.5 Å². The van der Waals surface area contributed by atoms with E-state index in [1.54, 1.807) is 0 Å². The highest BCUT2D eigenvalue weighted by Gasteiger charge is 2.40. The normalized spacial score (nSPS) is 27.6. The Kier molecular flexibility index (Phi) is 4.77. The van der Waals surface area contributed by atoms with Gasteiger partial charge in [-0.1, -0.05) is 13.8 Å². The van der Waals surface area contributed by atoms with Gasteiger partial charge in [0.05, 0.1) is 0 Å². The lowest BCUT2D eigenvalue weighted by atomic mass is 9.95. The smallest absolute Gasteiger partial charge is 0.0467 e. The van der Waals surface area contributed by atoms with Gasteiger partial charge in [-0.15, -0.1) is 0 Å². The van der Waals surface area contributed by atoms with Crippen LogP contribution in [-0.2, 0) is 0 Å². The van der Waals surface area contributed by atoms with Crippen molar-refractivity contribution in [2.75, 3.05) is 33.2 Å². The molecule has 1 unspecified atom stereocenters. The highest BCUT2D eigenvalue weighted by atomic mass is 15.3. The van der Waals surface area contributed by atoms with Crippen LogP contribution in [0.25, 0.3) is 0 Å². The topological polar surface area (TPSA) is 32.5 Å². The molecule has 1 atom stereocenters. The minimum atomic E-state index is 0.217. The molecule has 0 aliphatic carbocycles. The van der Waals surface area contributed by atoms with Gasteiger partial charge < -0.3 is 5.73 Å². The maximum Gasteiger partial charge on any atom is 0.0467 e. The van der Waals surface area contributed by atoms with Crippen molar-refractivity contribution < 1.29 is 0 Å². The maximum atomic E-state index is 6.04. The molecule has 0 aromatic rings. The summed E-state index contributed by atoms with van der Waals surface area (Å²) in [5.41, 5.74) is 6.26. The summed E-state index contributed by atoms with van der Waals surface area (Å²) in [6.45, 7) is 13.3. The molecule has 3 nitrogen and oxygen atoms in total. The first-order valence-corrected chi connectivity index (χ1v) is 6.56. The summed E-state index contributed by atoms with van der Waals surface area (Å²) < 4.78 is 0. The Morgan fingerprint density at radius 2 is 1.94 bits per heavy atom. The molecule has 16 heavy (non-hydrogen) atoms. The fraction of sp³-hybridized carbons (Fsp3) is 1.00. The van der Waals surface area contributed by atoms with E-state index in [-0.39, 0.29) is 5.54 Å². The van der Waals surface area contributed by atoms with Crippen molar-refractivity contribution in [3.05, 3.63) is 0 Å². The van der Waals surface area contributed by atoms with Gasteiger partial charge >= 0.3 is 0 Å². The second kappa shape index (κ2) is 5.48. The quantitative estimate of drug-likeness (QED) is 0.770. The zero-order valence-corrected chi connectivity index (χ0v) is 11.7. The Morgan fingerprint density at radius 1 is 1.31 bits per heavy atom.